The number of hydrogen-bond donors (Lipinski definition) is 2. The molecule has 0 aromatic carbocycles. The zero-order valence-electron chi connectivity index (χ0n) is 8.95. The number of anilines is 1. The van der Waals surface area contributed by atoms with Crippen molar-refractivity contribution in [1.29, 1.82) is 0 Å². The Morgan fingerprint density at radius 3 is 2.78 bits per heavy atom. The maximum atomic E-state index is 11.8. The molecular formula is C8H7N3O5S2. The average Bonchev–Trinajstić information content (AvgIpc) is 2.86. The van der Waals surface area contributed by atoms with Gasteiger partial charge in [-0.3, -0.25) is 0 Å². The van der Waals surface area contributed by atoms with Crippen molar-refractivity contribution >= 4 is 33.3 Å². The van der Waals surface area contributed by atoms with Crippen LogP contribution >= 0.6 is 11.3 Å². The lowest BCUT2D eigenvalue weighted by Gasteiger charge is -1.99. The number of carbonyl (C=O) groups is 1. The molecule has 0 unspecified atom stereocenters. The number of nitrogens with one attached hydrogen (secondary N) is 1. The van der Waals surface area contributed by atoms with Crippen LogP contribution in [0.25, 0.3) is 0 Å². The molecule has 0 saturated carbocycles. The minimum Gasteiger partial charge on any atom is -0.478 e. The second kappa shape index (κ2) is 4.38. The van der Waals surface area contributed by atoms with E-state index in [1.165, 1.54) is 12.3 Å². The van der Waals surface area contributed by atoms with Gasteiger partial charge < -0.3 is 9.63 Å². The number of carboxylic acids is 1. The number of aromatic nitrogens is 2. The number of rotatable bonds is 4. The van der Waals surface area contributed by atoms with E-state index in [0.717, 1.165) is 17.4 Å². The van der Waals surface area contributed by atoms with Crippen LogP contribution in [0.15, 0.2) is 20.2 Å². The van der Waals surface area contributed by atoms with E-state index in [4.69, 9.17) is 5.11 Å². The van der Waals surface area contributed by atoms with Crippen LogP contribution < -0.4 is 4.72 Å². The monoisotopic (exact) mass is 289 g/mol. The van der Waals surface area contributed by atoms with Crippen molar-refractivity contribution in [2.24, 2.45) is 0 Å². The summed E-state index contributed by atoms with van der Waals surface area (Å²) in [6.07, 6.45) is 0. The number of carboxylic acid groups (broad SMARTS) is 1. The summed E-state index contributed by atoms with van der Waals surface area (Å²) in [5, 5.41) is 13.4. The smallest absolute Gasteiger partial charge is 0.336 e. The zero-order chi connectivity index (χ0) is 13.3. The minimum absolute atomic E-state index is 0.0953. The summed E-state index contributed by atoms with van der Waals surface area (Å²) in [7, 11) is -3.90. The van der Waals surface area contributed by atoms with Crippen LogP contribution in [0, 0.1) is 6.92 Å². The van der Waals surface area contributed by atoms with Crippen molar-refractivity contribution in [1.82, 2.24) is 10.1 Å². The topological polar surface area (TPSA) is 122 Å². The van der Waals surface area contributed by atoms with E-state index in [1.54, 1.807) is 0 Å². The molecule has 96 valence electrons. The van der Waals surface area contributed by atoms with Gasteiger partial charge in [-0.15, -0.1) is 11.3 Å². The molecule has 0 aliphatic heterocycles. The normalized spacial score (nSPS) is 11.4. The summed E-state index contributed by atoms with van der Waals surface area (Å²) in [5.74, 6) is -0.911. The van der Waals surface area contributed by atoms with Crippen LogP contribution in [0.1, 0.15) is 16.2 Å². The Morgan fingerprint density at radius 2 is 2.28 bits per heavy atom. The SMILES string of the molecule is Cc1noc(NS(=O)(=O)c2cc(C(=O)O)cs2)n1. The second-order valence-corrected chi connectivity index (χ2v) is 6.03. The Kier molecular flexibility index (Phi) is 3.05. The highest BCUT2D eigenvalue weighted by Crippen LogP contribution is 2.22. The molecule has 0 radical (unpaired) electrons. The first-order valence-corrected chi connectivity index (χ1v) is 6.90. The van der Waals surface area contributed by atoms with Crippen LogP contribution in [-0.2, 0) is 10.0 Å². The lowest BCUT2D eigenvalue weighted by atomic mass is 10.4. The summed E-state index contributed by atoms with van der Waals surface area (Å²) in [4.78, 5) is 14.3. The molecule has 8 nitrogen and oxygen atoms in total. The van der Waals surface area contributed by atoms with Gasteiger partial charge in [0.25, 0.3) is 10.0 Å². The highest BCUT2D eigenvalue weighted by Gasteiger charge is 2.21. The maximum Gasteiger partial charge on any atom is 0.336 e. The Bertz CT molecular complexity index is 687. The van der Waals surface area contributed by atoms with E-state index in [9.17, 15) is 13.2 Å². The summed E-state index contributed by atoms with van der Waals surface area (Å²) in [6, 6.07) is 0.788. The van der Waals surface area contributed by atoms with E-state index >= 15 is 0 Å². The highest BCUT2D eigenvalue weighted by molar-refractivity contribution is 7.94. The van der Waals surface area contributed by atoms with Crippen molar-refractivity contribution in [3.05, 3.63) is 22.8 Å². The third-order valence-electron chi connectivity index (χ3n) is 1.84. The van der Waals surface area contributed by atoms with E-state index in [2.05, 4.69) is 19.4 Å². The van der Waals surface area contributed by atoms with Crippen molar-refractivity contribution in [3.8, 4) is 0 Å². The van der Waals surface area contributed by atoms with Crippen molar-refractivity contribution in [3.63, 3.8) is 0 Å². The third kappa shape index (κ3) is 2.49. The predicted octanol–water partition coefficient (Wildman–Crippen LogP) is 0.939. The lowest BCUT2D eigenvalue weighted by Crippen LogP contribution is -2.11. The number of aromatic carboxylic acids is 1. The molecule has 2 aromatic heterocycles. The molecule has 0 amide bonds. The molecule has 0 saturated heterocycles. The van der Waals surface area contributed by atoms with Gasteiger partial charge in [0.1, 0.15) is 4.21 Å². The number of sulfonamides is 1. The van der Waals surface area contributed by atoms with Gasteiger partial charge in [-0.2, -0.15) is 4.98 Å². The van der Waals surface area contributed by atoms with Crippen LogP contribution in [0.3, 0.4) is 0 Å². The first kappa shape index (κ1) is 12.5. The minimum atomic E-state index is -3.90. The Hall–Kier alpha value is -1.94. The maximum absolute atomic E-state index is 11.8. The number of aryl methyl sites for hydroxylation is 1. The van der Waals surface area contributed by atoms with Gasteiger partial charge in [0.15, 0.2) is 5.82 Å². The predicted molar refractivity (Wildman–Crippen MR) is 61.1 cm³/mol. The first-order valence-electron chi connectivity index (χ1n) is 4.53. The molecule has 0 aliphatic carbocycles. The van der Waals surface area contributed by atoms with Crippen LogP contribution in [-0.4, -0.2) is 29.6 Å². The summed E-state index contributed by atoms with van der Waals surface area (Å²) in [5.41, 5.74) is -0.0953. The third-order valence-corrected chi connectivity index (χ3v) is 4.60. The molecule has 0 fully saturated rings. The van der Waals surface area contributed by atoms with E-state index in [-0.39, 0.29) is 21.6 Å². The summed E-state index contributed by atoms with van der Waals surface area (Å²) in [6.45, 7) is 1.54. The molecule has 2 N–H and O–H groups in total. The van der Waals surface area contributed by atoms with Crippen LogP contribution in [0.2, 0.25) is 0 Å². The summed E-state index contributed by atoms with van der Waals surface area (Å²) < 4.78 is 30.2. The molecule has 2 rings (SSSR count). The van der Waals surface area contributed by atoms with Gasteiger partial charge in [0.2, 0.25) is 0 Å². The number of hydrogen-bond acceptors (Lipinski definition) is 7. The van der Waals surface area contributed by atoms with Crippen molar-refractivity contribution in [2.75, 3.05) is 4.72 Å². The molecule has 2 heterocycles. The second-order valence-electron chi connectivity index (χ2n) is 3.21. The van der Waals surface area contributed by atoms with Crippen molar-refractivity contribution < 1.29 is 22.8 Å². The van der Waals surface area contributed by atoms with Crippen molar-refractivity contribution in [2.45, 2.75) is 11.1 Å². The van der Waals surface area contributed by atoms with Crippen LogP contribution in [0.4, 0.5) is 6.01 Å². The summed E-state index contributed by atoms with van der Waals surface area (Å²) >= 11 is 0.790. The molecule has 0 bridgehead atoms. The molecule has 0 spiro atoms. The fourth-order valence-electron chi connectivity index (χ4n) is 1.07. The van der Waals surface area contributed by atoms with Gasteiger partial charge in [-0.25, -0.2) is 17.9 Å². The average molecular weight is 289 g/mol. The highest BCUT2D eigenvalue weighted by atomic mass is 32.2. The van der Waals surface area contributed by atoms with E-state index in [1.807, 2.05) is 0 Å². The Labute approximate surface area is 105 Å². The molecule has 10 heteroatoms. The quantitative estimate of drug-likeness (QED) is 0.858. The fourth-order valence-corrected chi connectivity index (χ4v) is 3.15. The molecule has 0 atom stereocenters. The number of nitrogens with zero attached hydrogens (tertiary/aromatic N) is 2. The zero-order valence-corrected chi connectivity index (χ0v) is 10.6. The largest absolute Gasteiger partial charge is 0.478 e. The molecule has 18 heavy (non-hydrogen) atoms. The first-order chi connectivity index (χ1) is 8.38. The van der Waals surface area contributed by atoms with E-state index in [0.29, 0.717) is 0 Å². The lowest BCUT2D eigenvalue weighted by molar-refractivity contribution is 0.0697. The van der Waals surface area contributed by atoms with E-state index < -0.39 is 16.0 Å². The molecular weight excluding hydrogens is 282 g/mol. The molecule has 2 aromatic rings. The van der Waals surface area contributed by atoms with Crippen LogP contribution in [0.5, 0.6) is 0 Å². The van der Waals surface area contributed by atoms with Gasteiger partial charge in [0.05, 0.1) is 5.56 Å². The standard InChI is InChI=1S/C8H7N3O5S2/c1-4-9-8(16-10-4)11-18(14,15)6-2-5(3-17-6)7(12)13/h2-3H,1H3,(H,12,13)(H,9,10,11). The molecule has 0 aliphatic rings. The fraction of sp³-hybridized carbons (Fsp3) is 0.125. The Morgan fingerprint density at radius 1 is 1.56 bits per heavy atom. The van der Waals surface area contributed by atoms with Gasteiger partial charge in [-0.05, 0) is 13.0 Å². The Balaban J connectivity index is 2.27. The van der Waals surface area contributed by atoms with Gasteiger partial charge >= 0.3 is 12.0 Å². The van der Waals surface area contributed by atoms with Gasteiger partial charge in [-0.1, -0.05) is 5.16 Å². The van der Waals surface area contributed by atoms with Gasteiger partial charge in [0, 0.05) is 5.38 Å². The number of thiophene rings is 1.